The highest BCUT2D eigenvalue weighted by molar-refractivity contribution is 5.84. The van der Waals surface area contributed by atoms with Gasteiger partial charge < -0.3 is 4.90 Å². The summed E-state index contributed by atoms with van der Waals surface area (Å²) in [5.41, 5.74) is 0. The summed E-state index contributed by atoms with van der Waals surface area (Å²) in [7, 11) is 0. The van der Waals surface area contributed by atoms with Crippen molar-refractivity contribution in [3.8, 4) is 0 Å². The van der Waals surface area contributed by atoms with Crippen molar-refractivity contribution in [3.05, 3.63) is 0 Å². The number of rotatable bonds is 6. The number of carbonyl (C=O) groups is 1. The lowest BCUT2D eigenvalue weighted by atomic mass is 10.0. The monoisotopic (exact) mass is 293 g/mol. The van der Waals surface area contributed by atoms with Gasteiger partial charge in [0, 0.05) is 12.6 Å². The van der Waals surface area contributed by atoms with Crippen LogP contribution in [0.15, 0.2) is 0 Å². The van der Waals surface area contributed by atoms with Crippen molar-refractivity contribution in [2.45, 2.75) is 89.5 Å². The van der Waals surface area contributed by atoms with E-state index in [4.69, 9.17) is 0 Å². The van der Waals surface area contributed by atoms with Crippen LogP contribution in [-0.2, 0) is 4.79 Å². The molecule has 3 rings (SSSR count). The number of amides is 1. The second-order valence-electron chi connectivity index (χ2n) is 7.01. The van der Waals surface area contributed by atoms with Gasteiger partial charge in [-0.2, -0.15) is 0 Å². The van der Waals surface area contributed by atoms with E-state index >= 15 is 0 Å². The van der Waals surface area contributed by atoms with E-state index in [1.807, 2.05) is 0 Å². The number of nitrogens with zero attached hydrogens (tertiary/aromatic N) is 2. The molecule has 4 nitrogen and oxygen atoms in total. The standard InChI is InChI=1S/C17H31N3O/c1-3-5-8-13-17(21)20(16(18-13)7-4-2)15-10-12-19-11-6-9-14(15)19/h13-16,18H,3-12H2,1-2H3. The fourth-order valence-electron chi connectivity index (χ4n) is 4.60. The van der Waals surface area contributed by atoms with Gasteiger partial charge in [-0.05, 0) is 38.6 Å². The summed E-state index contributed by atoms with van der Waals surface area (Å²) in [5.74, 6) is 0.389. The van der Waals surface area contributed by atoms with E-state index in [9.17, 15) is 4.79 Å². The molecule has 4 heteroatoms. The van der Waals surface area contributed by atoms with Gasteiger partial charge in [0.05, 0.1) is 18.2 Å². The molecule has 0 aromatic carbocycles. The third-order valence-corrected chi connectivity index (χ3v) is 5.62. The molecule has 0 aromatic rings. The lowest BCUT2D eigenvalue weighted by molar-refractivity contribution is -0.133. The molecular weight excluding hydrogens is 262 g/mol. The van der Waals surface area contributed by atoms with Gasteiger partial charge in [-0.1, -0.05) is 33.1 Å². The van der Waals surface area contributed by atoms with Gasteiger partial charge in [0.15, 0.2) is 0 Å². The van der Waals surface area contributed by atoms with Gasteiger partial charge in [0.1, 0.15) is 0 Å². The lowest BCUT2D eigenvalue weighted by Crippen LogP contribution is -2.49. The van der Waals surface area contributed by atoms with Crippen LogP contribution in [0.25, 0.3) is 0 Å². The Kier molecular flexibility index (Phi) is 4.85. The molecule has 0 aliphatic carbocycles. The number of unbranched alkanes of at least 4 members (excludes halogenated alkanes) is 1. The first-order chi connectivity index (χ1) is 10.3. The molecule has 3 saturated heterocycles. The third-order valence-electron chi connectivity index (χ3n) is 5.62. The van der Waals surface area contributed by atoms with Gasteiger partial charge >= 0.3 is 0 Å². The molecular formula is C17H31N3O. The van der Waals surface area contributed by atoms with Crippen molar-refractivity contribution < 1.29 is 4.79 Å². The molecule has 0 radical (unpaired) electrons. The van der Waals surface area contributed by atoms with Crippen molar-refractivity contribution in [2.75, 3.05) is 13.1 Å². The van der Waals surface area contributed by atoms with Crippen LogP contribution in [0.1, 0.15) is 65.2 Å². The van der Waals surface area contributed by atoms with E-state index in [2.05, 4.69) is 29.0 Å². The summed E-state index contributed by atoms with van der Waals surface area (Å²) >= 11 is 0. The maximum atomic E-state index is 12.9. The average molecular weight is 293 g/mol. The SMILES string of the molecule is CCCCC1NC(CCC)N(C2CCN3CCCC23)C1=O. The van der Waals surface area contributed by atoms with E-state index in [1.165, 1.54) is 38.8 Å². The molecule has 1 amide bonds. The lowest BCUT2D eigenvalue weighted by Gasteiger charge is -2.33. The van der Waals surface area contributed by atoms with Crippen LogP contribution in [0.3, 0.4) is 0 Å². The molecule has 0 spiro atoms. The van der Waals surface area contributed by atoms with E-state index in [1.54, 1.807) is 0 Å². The molecule has 4 unspecified atom stereocenters. The van der Waals surface area contributed by atoms with Gasteiger partial charge in [-0.15, -0.1) is 0 Å². The molecule has 0 aromatic heterocycles. The Morgan fingerprint density at radius 3 is 2.71 bits per heavy atom. The predicted octanol–water partition coefficient (Wildman–Crippen LogP) is 2.34. The van der Waals surface area contributed by atoms with Gasteiger partial charge in [-0.25, -0.2) is 0 Å². The molecule has 3 fully saturated rings. The molecule has 1 N–H and O–H groups in total. The van der Waals surface area contributed by atoms with Crippen LogP contribution < -0.4 is 5.32 Å². The molecule has 3 heterocycles. The second-order valence-corrected chi connectivity index (χ2v) is 7.01. The van der Waals surface area contributed by atoms with Gasteiger partial charge in [-0.3, -0.25) is 15.0 Å². The van der Waals surface area contributed by atoms with Crippen molar-refractivity contribution >= 4 is 5.91 Å². The molecule has 0 saturated carbocycles. The minimum Gasteiger partial charge on any atom is -0.321 e. The van der Waals surface area contributed by atoms with Gasteiger partial charge in [0.25, 0.3) is 0 Å². The van der Waals surface area contributed by atoms with Crippen molar-refractivity contribution in [2.24, 2.45) is 0 Å². The minimum atomic E-state index is 0.0805. The maximum absolute atomic E-state index is 12.9. The van der Waals surface area contributed by atoms with Crippen LogP contribution in [0.4, 0.5) is 0 Å². The Hall–Kier alpha value is -0.610. The summed E-state index contributed by atoms with van der Waals surface area (Å²) in [5, 5.41) is 3.64. The normalized spacial score (nSPS) is 36.7. The number of carbonyl (C=O) groups excluding carboxylic acids is 1. The summed E-state index contributed by atoms with van der Waals surface area (Å²) in [6, 6.07) is 1.19. The Balaban J connectivity index is 1.72. The van der Waals surface area contributed by atoms with Crippen LogP contribution >= 0.6 is 0 Å². The molecule has 3 aliphatic rings. The highest BCUT2D eigenvalue weighted by atomic mass is 16.2. The molecule has 4 atom stereocenters. The maximum Gasteiger partial charge on any atom is 0.241 e. The Morgan fingerprint density at radius 2 is 1.95 bits per heavy atom. The number of fused-ring (bicyclic) bond motifs is 1. The summed E-state index contributed by atoms with van der Waals surface area (Å²) in [6.45, 7) is 6.86. The summed E-state index contributed by atoms with van der Waals surface area (Å²) in [4.78, 5) is 17.8. The Labute approximate surface area is 129 Å². The minimum absolute atomic E-state index is 0.0805. The predicted molar refractivity (Wildman–Crippen MR) is 85.0 cm³/mol. The topological polar surface area (TPSA) is 35.6 Å². The van der Waals surface area contributed by atoms with Crippen LogP contribution in [-0.4, -0.2) is 53.1 Å². The van der Waals surface area contributed by atoms with E-state index in [-0.39, 0.29) is 12.2 Å². The zero-order valence-corrected chi connectivity index (χ0v) is 13.7. The summed E-state index contributed by atoms with van der Waals surface area (Å²) < 4.78 is 0. The fourth-order valence-corrected chi connectivity index (χ4v) is 4.60. The molecule has 0 bridgehead atoms. The number of nitrogens with one attached hydrogen (secondary N) is 1. The summed E-state index contributed by atoms with van der Waals surface area (Å²) in [6.07, 6.45) is 9.63. The quantitative estimate of drug-likeness (QED) is 0.816. The van der Waals surface area contributed by atoms with E-state index in [0.29, 0.717) is 18.0 Å². The Morgan fingerprint density at radius 1 is 1.10 bits per heavy atom. The number of hydrogen-bond acceptors (Lipinski definition) is 3. The van der Waals surface area contributed by atoms with Crippen LogP contribution in [0.2, 0.25) is 0 Å². The molecule has 21 heavy (non-hydrogen) atoms. The van der Waals surface area contributed by atoms with Crippen molar-refractivity contribution in [3.63, 3.8) is 0 Å². The van der Waals surface area contributed by atoms with E-state index < -0.39 is 0 Å². The van der Waals surface area contributed by atoms with Gasteiger partial charge in [0.2, 0.25) is 5.91 Å². The largest absolute Gasteiger partial charge is 0.321 e. The highest BCUT2D eigenvalue weighted by Gasteiger charge is 2.48. The smallest absolute Gasteiger partial charge is 0.241 e. The zero-order chi connectivity index (χ0) is 14.8. The van der Waals surface area contributed by atoms with Crippen LogP contribution in [0, 0.1) is 0 Å². The second kappa shape index (κ2) is 6.66. The first kappa shape index (κ1) is 15.3. The molecule has 3 aliphatic heterocycles. The van der Waals surface area contributed by atoms with Crippen molar-refractivity contribution in [1.82, 2.24) is 15.1 Å². The zero-order valence-electron chi connectivity index (χ0n) is 13.7. The third kappa shape index (κ3) is 2.85. The molecule has 120 valence electrons. The van der Waals surface area contributed by atoms with Crippen molar-refractivity contribution in [1.29, 1.82) is 0 Å². The fraction of sp³-hybridized carbons (Fsp3) is 0.941. The highest BCUT2D eigenvalue weighted by Crippen LogP contribution is 2.34. The van der Waals surface area contributed by atoms with Crippen LogP contribution in [0.5, 0.6) is 0 Å². The Bertz CT molecular complexity index is 373. The number of hydrogen-bond donors (Lipinski definition) is 1. The first-order valence-corrected chi connectivity index (χ1v) is 9.08. The van der Waals surface area contributed by atoms with E-state index in [0.717, 1.165) is 25.7 Å². The average Bonchev–Trinajstić information content (AvgIpc) is 3.13. The first-order valence-electron chi connectivity index (χ1n) is 9.08.